The first kappa shape index (κ1) is 10.8. The molecular formula is C14H14O2. The number of Topliss-reactive ketones (excluding diaryl/α,β-unsaturated/α-hetero) is 1. The van der Waals surface area contributed by atoms with Crippen molar-refractivity contribution in [1.82, 2.24) is 0 Å². The number of benzene rings is 1. The van der Waals surface area contributed by atoms with Crippen molar-refractivity contribution in [3.8, 4) is 0 Å². The molecule has 1 aromatic carbocycles. The molecule has 2 nitrogen and oxygen atoms in total. The van der Waals surface area contributed by atoms with E-state index in [0.29, 0.717) is 12.0 Å². The van der Waals surface area contributed by atoms with E-state index in [4.69, 9.17) is 0 Å². The largest absolute Gasteiger partial charge is 0.294 e. The Morgan fingerprint density at radius 2 is 1.75 bits per heavy atom. The van der Waals surface area contributed by atoms with Crippen molar-refractivity contribution in [3.05, 3.63) is 47.5 Å². The van der Waals surface area contributed by atoms with Crippen LogP contribution in [0.3, 0.4) is 0 Å². The van der Waals surface area contributed by atoms with Crippen molar-refractivity contribution < 1.29 is 9.59 Å². The van der Waals surface area contributed by atoms with Crippen LogP contribution in [-0.2, 0) is 16.0 Å². The lowest BCUT2D eigenvalue weighted by atomic mass is 9.79. The predicted octanol–water partition coefficient (Wildman–Crippen LogP) is 2.33. The Bertz CT molecular complexity index is 471. The van der Waals surface area contributed by atoms with Crippen molar-refractivity contribution in [3.63, 3.8) is 0 Å². The molecule has 0 radical (unpaired) electrons. The third kappa shape index (κ3) is 1.60. The highest BCUT2D eigenvalue weighted by Crippen LogP contribution is 2.33. The molecule has 1 aliphatic carbocycles. The SMILES string of the molecule is CC1=CC(=O)[C@@](C)(Cc2ccccc2)C1=O. The van der Waals surface area contributed by atoms with Crippen molar-refractivity contribution in [2.75, 3.05) is 0 Å². The van der Waals surface area contributed by atoms with Crippen LogP contribution in [0.4, 0.5) is 0 Å². The molecule has 0 N–H and O–H groups in total. The molecule has 0 unspecified atom stereocenters. The Balaban J connectivity index is 2.29. The first-order valence-corrected chi connectivity index (χ1v) is 5.35. The van der Waals surface area contributed by atoms with Gasteiger partial charge in [0, 0.05) is 0 Å². The molecule has 16 heavy (non-hydrogen) atoms. The molecule has 1 aliphatic rings. The summed E-state index contributed by atoms with van der Waals surface area (Å²) in [6, 6.07) is 9.65. The van der Waals surface area contributed by atoms with Gasteiger partial charge in [-0.2, -0.15) is 0 Å². The van der Waals surface area contributed by atoms with Crippen molar-refractivity contribution in [1.29, 1.82) is 0 Å². The van der Waals surface area contributed by atoms with Crippen LogP contribution in [0.25, 0.3) is 0 Å². The topological polar surface area (TPSA) is 34.1 Å². The maximum Gasteiger partial charge on any atom is 0.172 e. The zero-order valence-corrected chi connectivity index (χ0v) is 9.49. The van der Waals surface area contributed by atoms with Gasteiger partial charge in [-0.05, 0) is 37.5 Å². The Hall–Kier alpha value is -1.70. The van der Waals surface area contributed by atoms with Gasteiger partial charge in [0.1, 0.15) is 0 Å². The van der Waals surface area contributed by atoms with Crippen LogP contribution < -0.4 is 0 Å². The summed E-state index contributed by atoms with van der Waals surface area (Å²) in [6.07, 6.45) is 1.95. The molecule has 0 saturated carbocycles. The number of hydrogen-bond acceptors (Lipinski definition) is 2. The molecule has 0 spiro atoms. The van der Waals surface area contributed by atoms with Gasteiger partial charge in [-0.3, -0.25) is 9.59 Å². The van der Waals surface area contributed by atoms with Gasteiger partial charge in [0.25, 0.3) is 0 Å². The van der Waals surface area contributed by atoms with E-state index in [-0.39, 0.29) is 11.6 Å². The lowest BCUT2D eigenvalue weighted by Gasteiger charge is -2.20. The summed E-state index contributed by atoms with van der Waals surface area (Å²) in [7, 11) is 0. The maximum absolute atomic E-state index is 12.0. The van der Waals surface area contributed by atoms with Gasteiger partial charge >= 0.3 is 0 Å². The molecule has 0 bridgehead atoms. The zero-order valence-electron chi connectivity index (χ0n) is 9.49. The van der Waals surface area contributed by atoms with E-state index < -0.39 is 5.41 Å². The van der Waals surface area contributed by atoms with E-state index in [2.05, 4.69) is 0 Å². The van der Waals surface area contributed by atoms with Gasteiger partial charge in [0.05, 0.1) is 5.41 Å². The molecule has 82 valence electrons. The van der Waals surface area contributed by atoms with Crippen LogP contribution in [0.1, 0.15) is 19.4 Å². The number of carbonyl (C=O) groups excluding carboxylic acids is 2. The summed E-state index contributed by atoms with van der Waals surface area (Å²) in [5.41, 5.74) is 0.712. The molecule has 0 amide bonds. The third-order valence-electron chi connectivity index (χ3n) is 3.15. The minimum absolute atomic E-state index is 0.0404. The second kappa shape index (κ2) is 3.71. The average Bonchev–Trinajstić information content (AvgIpc) is 2.45. The van der Waals surface area contributed by atoms with Crippen molar-refractivity contribution >= 4 is 11.6 Å². The van der Waals surface area contributed by atoms with E-state index in [1.807, 2.05) is 30.3 Å². The molecule has 0 aromatic heterocycles. The maximum atomic E-state index is 12.0. The number of allylic oxidation sites excluding steroid dienone is 2. The molecule has 0 aliphatic heterocycles. The third-order valence-corrected chi connectivity index (χ3v) is 3.15. The lowest BCUT2D eigenvalue weighted by molar-refractivity contribution is -0.132. The van der Waals surface area contributed by atoms with Gasteiger partial charge in [0.2, 0.25) is 0 Å². The van der Waals surface area contributed by atoms with E-state index in [0.717, 1.165) is 5.56 Å². The molecule has 0 heterocycles. The van der Waals surface area contributed by atoms with Crippen LogP contribution in [-0.4, -0.2) is 11.6 Å². The summed E-state index contributed by atoms with van der Waals surface area (Å²) in [4.78, 5) is 23.8. The Morgan fingerprint density at radius 3 is 2.25 bits per heavy atom. The van der Waals surface area contributed by atoms with Gasteiger partial charge in [0.15, 0.2) is 11.6 Å². The second-order valence-electron chi connectivity index (χ2n) is 4.52. The number of ketones is 2. The van der Waals surface area contributed by atoms with E-state index in [9.17, 15) is 9.59 Å². The molecule has 0 fully saturated rings. The van der Waals surface area contributed by atoms with Crippen LogP contribution in [0, 0.1) is 5.41 Å². The van der Waals surface area contributed by atoms with Gasteiger partial charge in [-0.25, -0.2) is 0 Å². The van der Waals surface area contributed by atoms with Crippen molar-refractivity contribution in [2.24, 2.45) is 5.41 Å². The second-order valence-corrected chi connectivity index (χ2v) is 4.52. The standard InChI is InChI=1S/C14H14O2/c1-10-8-12(15)14(2,13(10)16)9-11-6-4-3-5-7-11/h3-8H,9H2,1-2H3/t14-/m1/s1. The van der Waals surface area contributed by atoms with Crippen LogP contribution in [0.2, 0.25) is 0 Å². The number of carbonyl (C=O) groups is 2. The highest BCUT2D eigenvalue weighted by atomic mass is 16.2. The van der Waals surface area contributed by atoms with E-state index in [1.54, 1.807) is 13.8 Å². The lowest BCUT2D eigenvalue weighted by Crippen LogP contribution is -2.33. The van der Waals surface area contributed by atoms with Gasteiger partial charge in [-0.1, -0.05) is 30.3 Å². The Labute approximate surface area is 95.0 Å². The van der Waals surface area contributed by atoms with Crippen LogP contribution >= 0.6 is 0 Å². The average molecular weight is 214 g/mol. The van der Waals surface area contributed by atoms with Gasteiger partial charge < -0.3 is 0 Å². The first-order valence-electron chi connectivity index (χ1n) is 5.35. The monoisotopic (exact) mass is 214 g/mol. The molecule has 2 rings (SSSR count). The molecule has 1 aromatic rings. The molecule has 0 saturated heterocycles. The fraction of sp³-hybridized carbons (Fsp3) is 0.286. The minimum Gasteiger partial charge on any atom is -0.294 e. The summed E-state index contributed by atoms with van der Waals surface area (Å²) >= 11 is 0. The molecular weight excluding hydrogens is 200 g/mol. The molecule has 1 atom stereocenters. The van der Waals surface area contributed by atoms with Crippen LogP contribution in [0.5, 0.6) is 0 Å². The first-order chi connectivity index (χ1) is 7.54. The highest BCUT2D eigenvalue weighted by molar-refractivity contribution is 6.24. The number of rotatable bonds is 2. The zero-order chi connectivity index (χ0) is 11.8. The van der Waals surface area contributed by atoms with Crippen LogP contribution in [0.15, 0.2) is 42.0 Å². The smallest absolute Gasteiger partial charge is 0.172 e. The number of hydrogen-bond donors (Lipinski definition) is 0. The minimum atomic E-state index is -0.883. The summed E-state index contributed by atoms with van der Waals surface area (Å²) in [6.45, 7) is 3.44. The Kier molecular flexibility index (Phi) is 2.50. The Morgan fingerprint density at radius 1 is 1.12 bits per heavy atom. The fourth-order valence-corrected chi connectivity index (χ4v) is 2.14. The van der Waals surface area contributed by atoms with Crippen molar-refractivity contribution in [2.45, 2.75) is 20.3 Å². The van der Waals surface area contributed by atoms with Gasteiger partial charge in [-0.15, -0.1) is 0 Å². The van der Waals surface area contributed by atoms with E-state index in [1.165, 1.54) is 6.08 Å². The predicted molar refractivity (Wildman–Crippen MR) is 62.0 cm³/mol. The summed E-state index contributed by atoms with van der Waals surface area (Å²) < 4.78 is 0. The normalized spacial score (nSPS) is 24.8. The highest BCUT2D eigenvalue weighted by Gasteiger charge is 2.44. The fourth-order valence-electron chi connectivity index (χ4n) is 2.14. The summed E-state index contributed by atoms with van der Waals surface area (Å²) in [5, 5.41) is 0. The summed E-state index contributed by atoms with van der Waals surface area (Å²) in [5.74, 6) is -0.111. The van der Waals surface area contributed by atoms with E-state index >= 15 is 0 Å². The quantitative estimate of drug-likeness (QED) is 0.708. The molecule has 2 heteroatoms.